The fourth-order valence-electron chi connectivity index (χ4n) is 4.24. The normalized spacial score (nSPS) is 12.2. The van der Waals surface area contributed by atoms with Crippen LogP contribution in [0.4, 0.5) is 4.79 Å². The first-order valence-corrected chi connectivity index (χ1v) is 20.6. The Balaban J connectivity index is 5.24. The van der Waals surface area contributed by atoms with Gasteiger partial charge in [-0.05, 0) is 0 Å². The summed E-state index contributed by atoms with van der Waals surface area (Å²) in [6.07, 6.45) is 14.3. The zero-order valence-electron chi connectivity index (χ0n) is 20.8. The Kier molecular flexibility index (Phi) is 20.3. The average molecular weight is 529 g/mol. The molecular formula is C26H50O3Sn. The van der Waals surface area contributed by atoms with Gasteiger partial charge in [-0.25, -0.2) is 0 Å². The van der Waals surface area contributed by atoms with E-state index in [1.807, 2.05) is 0 Å². The molecule has 0 aliphatic rings. The molecule has 1 unspecified atom stereocenters. The molecule has 0 radical (unpaired) electrons. The number of hydrogen-bond donors (Lipinski definition) is 0. The van der Waals surface area contributed by atoms with Gasteiger partial charge in [0.1, 0.15) is 0 Å². The van der Waals surface area contributed by atoms with Crippen molar-refractivity contribution in [3.05, 3.63) is 0 Å². The molecule has 3 nitrogen and oxygen atoms in total. The van der Waals surface area contributed by atoms with Gasteiger partial charge in [-0.15, -0.1) is 0 Å². The molecule has 0 aliphatic carbocycles. The van der Waals surface area contributed by atoms with Crippen LogP contribution >= 0.6 is 0 Å². The molecule has 4 heteroatoms. The zero-order valence-corrected chi connectivity index (χ0v) is 23.7. The second-order valence-electron chi connectivity index (χ2n) is 8.68. The van der Waals surface area contributed by atoms with E-state index in [-0.39, 0.29) is 0 Å². The molecule has 0 amide bonds. The van der Waals surface area contributed by atoms with Gasteiger partial charge in [0.25, 0.3) is 0 Å². The van der Waals surface area contributed by atoms with Crippen molar-refractivity contribution < 1.29 is 14.3 Å². The van der Waals surface area contributed by atoms with Crippen molar-refractivity contribution in [2.24, 2.45) is 0 Å². The van der Waals surface area contributed by atoms with Crippen LogP contribution in [-0.4, -0.2) is 37.7 Å². The molecule has 0 rings (SSSR count). The summed E-state index contributed by atoms with van der Waals surface area (Å²) in [6, 6.07) is 0. The van der Waals surface area contributed by atoms with Gasteiger partial charge in [0.2, 0.25) is 0 Å². The van der Waals surface area contributed by atoms with Crippen LogP contribution in [0.5, 0.6) is 0 Å². The van der Waals surface area contributed by atoms with E-state index in [4.69, 9.17) is 9.47 Å². The van der Waals surface area contributed by atoms with E-state index in [1.54, 1.807) is 6.92 Å². The van der Waals surface area contributed by atoms with Crippen molar-refractivity contribution in [1.82, 2.24) is 0 Å². The van der Waals surface area contributed by atoms with Crippen molar-refractivity contribution in [2.45, 2.75) is 129 Å². The molecule has 0 aromatic heterocycles. The first-order chi connectivity index (χ1) is 14.6. The van der Waals surface area contributed by atoms with E-state index in [9.17, 15) is 4.79 Å². The van der Waals surface area contributed by atoms with Crippen LogP contribution in [0.15, 0.2) is 0 Å². The van der Waals surface area contributed by atoms with E-state index in [0.717, 1.165) is 19.3 Å². The predicted octanol–water partition coefficient (Wildman–Crippen LogP) is 8.74. The van der Waals surface area contributed by atoms with E-state index < -0.39 is 24.5 Å². The van der Waals surface area contributed by atoms with Crippen LogP contribution in [0.2, 0.25) is 17.2 Å². The van der Waals surface area contributed by atoms with Crippen molar-refractivity contribution in [2.75, 3.05) is 13.2 Å². The summed E-state index contributed by atoms with van der Waals surface area (Å²) < 4.78 is 15.2. The third-order valence-corrected chi connectivity index (χ3v) is 23.1. The van der Waals surface area contributed by atoms with Crippen molar-refractivity contribution in [3.63, 3.8) is 0 Å². The molecule has 0 aliphatic heterocycles. The van der Waals surface area contributed by atoms with Crippen LogP contribution in [-0.2, 0) is 9.47 Å². The summed E-state index contributed by atoms with van der Waals surface area (Å²) in [4.78, 5) is 11.4. The number of rotatable bonds is 18. The fraction of sp³-hybridized carbons (Fsp3) is 0.885. The number of carbonyl (C=O) groups excluding carboxylic acids is 1. The minimum atomic E-state index is -2.37. The molecule has 0 saturated heterocycles. The van der Waals surface area contributed by atoms with Gasteiger partial charge >= 0.3 is 193 Å². The zero-order chi connectivity index (χ0) is 22.5. The van der Waals surface area contributed by atoms with Gasteiger partial charge < -0.3 is 0 Å². The number of carbonyl (C=O) groups is 1. The van der Waals surface area contributed by atoms with Gasteiger partial charge in [0.15, 0.2) is 0 Å². The van der Waals surface area contributed by atoms with Crippen molar-refractivity contribution >= 4 is 24.5 Å². The molecule has 0 spiro atoms. The third kappa shape index (κ3) is 13.8. The molecule has 0 bridgehead atoms. The molecular weight excluding hydrogens is 479 g/mol. The molecule has 176 valence electrons. The van der Waals surface area contributed by atoms with Crippen LogP contribution in [0.3, 0.4) is 0 Å². The SMILES string of the molecule is CCCCC#C[CH](CCCCOC(=O)OCC)[Sn]([CH2]CCC)([CH2]CCC)[CH2]CCC. The van der Waals surface area contributed by atoms with Crippen LogP contribution in [0, 0.1) is 11.8 Å². The Morgan fingerprint density at radius 2 is 1.33 bits per heavy atom. The summed E-state index contributed by atoms with van der Waals surface area (Å²) in [5, 5.41) is 0. The summed E-state index contributed by atoms with van der Waals surface area (Å²) >= 11 is -2.37. The summed E-state index contributed by atoms with van der Waals surface area (Å²) in [5.74, 6) is 7.45. The monoisotopic (exact) mass is 530 g/mol. The Labute approximate surface area is 192 Å². The van der Waals surface area contributed by atoms with Crippen LogP contribution in [0.25, 0.3) is 0 Å². The molecule has 1 atom stereocenters. The number of hydrogen-bond acceptors (Lipinski definition) is 3. The summed E-state index contributed by atoms with van der Waals surface area (Å²) in [5.41, 5.74) is 0. The van der Waals surface area contributed by atoms with Crippen molar-refractivity contribution in [3.8, 4) is 11.8 Å². The van der Waals surface area contributed by atoms with Gasteiger partial charge in [-0.1, -0.05) is 0 Å². The molecule has 0 N–H and O–H groups in total. The Morgan fingerprint density at radius 1 is 0.767 bits per heavy atom. The standard InChI is InChI=1S/C14H23O3.3C4H9.Sn/c1-3-5-6-7-8-9-10-11-12-13-17-14(15)16-4-2;3*1-3-4-2;/h9H,3-6,10-13H2,1-2H3;3*1,3-4H2,2H3;. The molecule has 0 saturated carbocycles. The maximum absolute atomic E-state index is 11.4. The molecule has 0 fully saturated rings. The van der Waals surface area contributed by atoms with Crippen molar-refractivity contribution in [1.29, 1.82) is 0 Å². The predicted molar refractivity (Wildman–Crippen MR) is 133 cm³/mol. The minimum absolute atomic E-state index is 0.373. The van der Waals surface area contributed by atoms with Gasteiger partial charge in [-0.2, -0.15) is 0 Å². The number of unbranched alkanes of at least 4 members (excludes halogenated alkanes) is 6. The Hall–Kier alpha value is -0.371. The summed E-state index contributed by atoms with van der Waals surface area (Å²) in [6.45, 7) is 11.9. The topological polar surface area (TPSA) is 35.5 Å². The van der Waals surface area contributed by atoms with Gasteiger partial charge in [0, 0.05) is 0 Å². The summed E-state index contributed by atoms with van der Waals surface area (Å²) in [7, 11) is 0. The van der Waals surface area contributed by atoms with E-state index in [1.165, 1.54) is 71.1 Å². The Bertz CT molecular complexity index is 445. The quantitative estimate of drug-likeness (QED) is 0.0771. The third-order valence-electron chi connectivity index (χ3n) is 6.12. The first-order valence-electron chi connectivity index (χ1n) is 12.9. The van der Waals surface area contributed by atoms with Gasteiger partial charge in [-0.3, -0.25) is 0 Å². The second-order valence-corrected chi connectivity index (χ2v) is 22.7. The van der Waals surface area contributed by atoms with Crippen LogP contribution in [0.1, 0.15) is 112 Å². The molecule has 0 heterocycles. The fourth-order valence-corrected chi connectivity index (χ4v) is 21.9. The van der Waals surface area contributed by atoms with Gasteiger partial charge in [0.05, 0.1) is 0 Å². The number of ether oxygens (including phenoxy) is 2. The van der Waals surface area contributed by atoms with E-state index >= 15 is 0 Å². The average Bonchev–Trinajstić information content (AvgIpc) is 2.75. The van der Waals surface area contributed by atoms with E-state index in [0.29, 0.717) is 17.1 Å². The van der Waals surface area contributed by atoms with Crippen LogP contribution < -0.4 is 0 Å². The molecule has 0 aromatic carbocycles. The molecule has 30 heavy (non-hydrogen) atoms. The van der Waals surface area contributed by atoms with E-state index in [2.05, 4.69) is 39.5 Å². The first kappa shape index (κ1) is 29.6. The molecule has 0 aromatic rings. The maximum atomic E-state index is 11.4. The Morgan fingerprint density at radius 3 is 1.83 bits per heavy atom. The second kappa shape index (κ2) is 20.5.